The van der Waals surface area contributed by atoms with Crippen molar-refractivity contribution in [2.75, 3.05) is 39.4 Å². The molecule has 0 aromatic rings. The van der Waals surface area contributed by atoms with Crippen LogP contribution in [0.5, 0.6) is 0 Å². The van der Waals surface area contributed by atoms with Gasteiger partial charge in [0.25, 0.3) is 5.91 Å². The Kier molecular flexibility index (Phi) is 16.2. The van der Waals surface area contributed by atoms with Crippen molar-refractivity contribution in [2.45, 2.75) is 136 Å². The Hall–Kier alpha value is -1.36. The third kappa shape index (κ3) is 9.89. The molecule has 18 N–H and O–H groups in total. The number of ether oxygens (including phenoxy) is 6. The molecule has 0 spiro atoms. The van der Waals surface area contributed by atoms with Gasteiger partial charge in [-0.2, -0.15) is 0 Å². The lowest BCUT2D eigenvalue weighted by Gasteiger charge is -2.47. The van der Waals surface area contributed by atoms with E-state index < -0.39 is 141 Å². The molecular formula is C30H57FN6O15. The average Bonchev–Trinajstić information content (AvgIpc) is 3.42. The van der Waals surface area contributed by atoms with Crippen molar-refractivity contribution in [1.82, 2.24) is 10.6 Å². The van der Waals surface area contributed by atoms with Gasteiger partial charge in [-0.25, -0.2) is 4.39 Å². The van der Waals surface area contributed by atoms with Gasteiger partial charge in [-0.15, -0.1) is 0 Å². The maximum atomic E-state index is 14.0. The molecule has 0 bridgehead atoms. The number of aliphatic hydroxyl groups is 8. The average molecular weight is 761 g/mol. The summed E-state index contributed by atoms with van der Waals surface area (Å²) in [5, 5.41) is 89.0. The summed E-state index contributed by atoms with van der Waals surface area (Å²) < 4.78 is 49.8. The highest BCUT2D eigenvalue weighted by molar-refractivity contribution is 5.81. The summed E-state index contributed by atoms with van der Waals surface area (Å²) in [7, 11) is 0. The number of alkyl halides is 1. The SMILES string of the molecule is C[C@H]1[C@@H](O[C@H]2[C@@H](O)[C@H](O[C@@H]3[C@@H](O)[C@H](NC(=O)[C@@H](O)[C@H](F)CN)C[C@H](N)[C@H]3O[C@H]3O[C@H](CNCCO)[C@@H](O)C[C@H]3N)O[C@@H]2CO)O[C@@H](CN)[C@@H](O)[C@@H]1O. The van der Waals surface area contributed by atoms with Crippen molar-refractivity contribution < 1.29 is 78.5 Å². The Morgan fingerprint density at radius 3 is 2.10 bits per heavy atom. The Morgan fingerprint density at radius 2 is 1.46 bits per heavy atom. The molecule has 0 aromatic heterocycles. The van der Waals surface area contributed by atoms with Gasteiger partial charge in [-0.3, -0.25) is 4.79 Å². The fourth-order valence-electron chi connectivity index (χ4n) is 6.84. The van der Waals surface area contributed by atoms with Crippen LogP contribution >= 0.6 is 0 Å². The van der Waals surface area contributed by atoms with Gasteiger partial charge in [0.05, 0.1) is 43.6 Å². The lowest BCUT2D eigenvalue weighted by Crippen LogP contribution is -2.67. The van der Waals surface area contributed by atoms with Gasteiger partial charge in [0.15, 0.2) is 25.0 Å². The van der Waals surface area contributed by atoms with E-state index in [2.05, 4.69) is 10.6 Å². The predicted octanol–water partition coefficient (Wildman–Crippen LogP) is -8.12. The molecule has 3 aliphatic heterocycles. The van der Waals surface area contributed by atoms with Crippen LogP contribution in [0.1, 0.15) is 19.8 Å². The van der Waals surface area contributed by atoms with E-state index in [0.717, 1.165) is 0 Å². The first-order valence-corrected chi connectivity index (χ1v) is 17.5. The van der Waals surface area contributed by atoms with Crippen molar-refractivity contribution in [3.05, 3.63) is 0 Å². The molecule has 0 unspecified atom stereocenters. The van der Waals surface area contributed by atoms with Crippen LogP contribution in [0.3, 0.4) is 0 Å². The summed E-state index contributed by atoms with van der Waals surface area (Å²) in [6.45, 7) is 0.214. The van der Waals surface area contributed by atoms with Gasteiger partial charge in [0, 0.05) is 38.1 Å². The molecule has 1 amide bonds. The van der Waals surface area contributed by atoms with E-state index in [0.29, 0.717) is 0 Å². The highest BCUT2D eigenvalue weighted by Crippen LogP contribution is 2.35. The lowest BCUT2D eigenvalue weighted by atomic mass is 9.83. The van der Waals surface area contributed by atoms with E-state index >= 15 is 0 Å². The molecule has 21 nitrogen and oxygen atoms in total. The molecule has 4 rings (SSSR count). The normalized spacial score (nSPS) is 45.4. The largest absolute Gasteiger partial charge is 0.395 e. The van der Waals surface area contributed by atoms with Gasteiger partial charge in [0.2, 0.25) is 0 Å². The minimum atomic E-state index is -2.16. The van der Waals surface area contributed by atoms with Crippen LogP contribution in [0, 0.1) is 5.92 Å². The number of halogens is 1. The summed E-state index contributed by atoms with van der Waals surface area (Å²) in [5.74, 6) is -2.00. The number of carbonyl (C=O) groups excluding carboxylic acids is 1. The van der Waals surface area contributed by atoms with Crippen molar-refractivity contribution in [1.29, 1.82) is 0 Å². The van der Waals surface area contributed by atoms with Crippen LogP contribution in [-0.2, 0) is 33.2 Å². The Balaban J connectivity index is 1.56. The Morgan fingerprint density at radius 1 is 0.827 bits per heavy atom. The monoisotopic (exact) mass is 760 g/mol. The summed E-state index contributed by atoms with van der Waals surface area (Å²) >= 11 is 0. The number of nitrogens with two attached hydrogens (primary N) is 4. The molecule has 20 atom stereocenters. The smallest absolute Gasteiger partial charge is 0.252 e. The highest BCUT2D eigenvalue weighted by Gasteiger charge is 2.54. The van der Waals surface area contributed by atoms with Crippen molar-refractivity contribution in [3.8, 4) is 0 Å². The van der Waals surface area contributed by atoms with E-state index in [1.54, 1.807) is 0 Å². The highest BCUT2D eigenvalue weighted by atomic mass is 19.1. The molecule has 22 heteroatoms. The third-order valence-corrected chi connectivity index (χ3v) is 10.0. The number of hydrogen-bond donors (Lipinski definition) is 14. The van der Waals surface area contributed by atoms with Crippen LogP contribution in [0.15, 0.2) is 0 Å². The number of carbonyl (C=O) groups is 1. The van der Waals surface area contributed by atoms with Gasteiger partial charge < -0.3 is 103 Å². The molecule has 3 saturated heterocycles. The fraction of sp³-hybridized carbons (Fsp3) is 0.967. The third-order valence-electron chi connectivity index (χ3n) is 10.0. The van der Waals surface area contributed by atoms with E-state index in [1.807, 2.05) is 0 Å². The summed E-state index contributed by atoms with van der Waals surface area (Å²) in [5.41, 5.74) is 23.7. The van der Waals surface area contributed by atoms with Gasteiger partial charge in [0.1, 0.15) is 55.0 Å². The van der Waals surface area contributed by atoms with Crippen molar-refractivity contribution >= 4 is 5.91 Å². The number of amides is 1. The van der Waals surface area contributed by atoms with E-state index in [9.17, 15) is 44.9 Å². The zero-order valence-electron chi connectivity index (χ0n) is 28.8. The molecule has 0 radical (unpaired) electrons. The number of nitrogens with one attached hydrogen (secondary N) is 2. The van der Waals surface area contributed by atoms with Gasteiger partial charge in [-0.1, -0.05) is 6.92 Å². The maximum absolute atomic E-state index is 14.0. The molecule has 4 fully saturated rings. The lowest BCUT2D eigenvalue weighted by molar-refractivity contribution is -0.299. The Labute approximate surface area is 299 Å². The first kappa shape index (κ1) is 43.4. The van der Waals surface area contributed by atoms with Gasteiger partial charge in [-0.05, 0) is 12.8 Å². The second kappa shape index (κ2) is 19.5. The summed E-state index contributed by atoms with van der Waals surface area (Å²) in [4.78, 5) is 12.7. The molecule has 4 aliphatic rings. The quantitative estimate of drug-likeness (QED) is 0.0649. The van der Waals surface area contributed by atoms with Crippen LogP contribution in [-0.4, -0.2) is 203 Å². The van der Waals surface area contributed by atoms with E-state index in [-0.39, 0.29) is 39.1 Å². The number of rotatable bonds is 16. The molecule has 52 heavy (non-hydrogen) atoms. The van der Waals surface area contributed by atoms with E-state index in [4.69, 9.17) is 56.5 Å². The topological polar surface area (TPSA) is 362 Å². The van der Waals surface area contributed by atoms with Crippen LogP contribution in [0.2, 0.25) is 0 Å². The minimum Gasteiger partial charge on any atom is -0.395 e. The molecule has 1 saturated carbocycles. The first-order valence-electron chi connectivity index (χ1n) is 17.5. The van der Waals surface area contributed by atoms with Crippen molar-refractivity contribution in [2.24, 2.45) is 28.9 Å². The van der Waals surface area contributed by atoms with Crippen LogP contribution in [0.4, 0.5) is 4.39 Å². The first-order chi connectivity index (χ1) is 24.7. The zero-order valence-corrected chi connectivity index (χ0v) is 28.8. The molecule has 1 aliphatic carbocycles. The van der Waals surface area contributed by atoms with Crippen LogP contribution in [0.25, 0.3) is 0 Å². The number of aliphatic hydroxyl groups excluding tert-OH is 8. The summed E-state index contributed by atoms with van der Waals surface area (Å²) in [6.07, 6.45) is -22.8. The second-order valence-corrected chi connectivity index (χ2v) is 13.8. The zero-order chi connectivity index (χ0) is 38.4. The summed E-state index contributed by atoms with van der Waals surface area (Å²) in [6, 6.07) is -3.23. The molecule has 304 valence electrons. The Bertz CT molecular complexity index is 1110. The maximum Gasteiger partial charge on any atom is 0.252 e. The standard InChI is InChI=1S/C30H57FN6O15/c1-10-19(41)22(44)16(7-33)47-28(10)51-25-18(9-39)49-30(23(25)45)52-26-21(43)14(37-27(46)20(42)11(31)6-32)4-12(34)24(26)50-29-13(35)5-15(40)17(48-29)8-36-2-3-38/h10-26,28-30,36,38-45H,2-9,32-35H2,1H3,(H,37,46)/t10-,11-,12+,13-,14-,15+,16+,17-,18-,19-,20+,21+,22-,23-,24-,25-,26-,28-,29-,30+/m1/s1. The van der Waals surface area contributed by atoms with Crippen LogP contribution < -0.4 is 33.6 Å². The van der Waals surface area contributed by atoms with Crippen molar-refractivity contribution in [3.63, 3.8) is 0 Å². The molecule has 3 heterocycles. The molecule has 0 aromatic carbocycles. The molecular weight excluding hydrogens is 703 g/mol. The fourth-order valence-corrected chi connectivity index (χ4v) is 6.84. The van der Waals surface area contributed by atoms with Gasteiger partial charge >= 0.3 is 0 Å². The van der Waals surface area contributed by atoms with E-state index in [1.165, 1.54) is 6.92 Å². The second-order valence-electron chi connectivity index (χ2n) is 13.8. The predicted molar refractivity (Wildman–Crippen MR) is 173 cm³/mol. The minimum absolute atomic E-state index is 0.0360. The number of hydrogen-bond acceptors (Lipinski definition) is 20.